The molecule has 0 aromatic heterocycles. The number of primary amides is 1. The van der Waals surface area contributed by atoms with Crippen LogP contribution in [0.4, 0.5) is 0 Å². The van der Waals surface area contributed by atoms with Crippen LogP contribution in [0.15, 0.2) is 18.2 Å². The summed E-state index contributed by atoms with van der Waals surface area (Å²) < 4.78 is 10.8. The molecule has 3 N–H and O–H groups in total. The van der Waals surface area contributed by atoms with Crippen LogP contribution in [0.5, 0.6) is 11.5 Å². The first kappa shape index (κ1) is 14.3. The molecule has 1 atom stereocenters. The second-order valence-corrected chi connectivity index (χ2v) is 4.12. The van der Waals surface area contributed by atoms with E-state index < -0.39 is 0 Å². The van der Waals surface area contributed by atoms with E-state index in [2.05, 4.69) is 5.32 Å². The molecule has 5 nitrogen and oxygen atoms in total. The third kappa shape index (κ3) is 3.92. The summed E-state index contributed by atoms with van der Waals surface area (Å²) in [5, 5.41) is 3.06. The molecule has 1 aromatic rings. The van der Waals surface area contributed by atoms with Gasteiger partial charge in [0, 0.05) is 12.1 Å². The molecule has 5 heteroatoms. The molecule has 0 fully saturated rings. The summed E-state index contributed by atoms with van der Waals surface area (Å²) >= 11 is 0. The van der Waals surface area contributed by atoms with E-state index in [1.807, 2.05) is 25.2 Å². The predicted octanol–water partition coefficient (Wildman–Crippen LogP) is 0.915. The summed E-state index contributed by atoms with van der Waals surface area (Å²) in [6, 6.07) is 5.56. The molecule has 0 saturated heterocycles. The smallest absolute Gasteiger partial charge is 0.223 e. The van der Waals surface area contributed by atoms with E-state index in [0.29, 0.717) is 6.54 Å². The van der Waals surface area contributed by atoms with E-state index >= 15 is 0 Å². The number of benzene rings is 1. The van der Waals surface area contributed by atoms with Crippen molar-refractivity contribution in [2.75, 3.05) is 20.8 Å². The zero-order valence-electron chi connectivity index (χ0n) is 11.0. The number of hydrogen-bond donors (Lipinski definition) is 2. The molecule has 0 aliphatic rings. The van der Waals surface area contributed by atoms with Crippen molar-refractivity contribution >= 4 is 5.91 Å². The number of methoxy groups -OCH3 is 1. The largest absolute Gasteiger partial charge is 0.497 e. The van der Waals surface area contributed by atoms with Gasteiger partial charge in [-0.1, -0.05) is 6.92 Å². The number of rotatable bonds is 7. The summed E-state index contributed by atoms with van der Waals surface area (Å²) in [5.74, 6) is 0.835. The Morgan fingerprint density at radius 1 is 1.50 bits per heavy atom. The highest BCUT2D eigenvalue weighted by Crippen LogP contribution is 2.24. The van der Waals surface area contributed by atoms with E-state index in [1.54, 1.807) is 14.0 Å². The van der Waals surface area contributed by atoms with Crippen LogP contribution in [0.25, 0.3) is 0 Å². The van der Waals surface area contributed by atoms with Gasteiger partial charge in [0.2, 0.25) is 5.91 Å². The Bertz CT molecular complexity index is 407. The minimum absolute atomic E-state index is 0.276. The first-order valence-electron chi connectivity index (χ1n) is 5.82. The molecule has 0 aliphatic carbocycles. The maximum Gasteiger partial charge on any atom is 0.223 e. The Balaban J connectivity index is 2.77. The second-order valence-electron chi connectivity index (χ2n) is 4.12. The van der Waals surface area contributed by atoms with E-state index in [1.165, 1.54) is 0 Å². The molecule has 1 aromatic carbocycles. The fourth-order valence-electron chi connectivity index (χ4n) is 1.45. The van der Waals surface area contributed by atoms with Crippen LogP contribution in [0.3, 0.4) is 0 Å². The Morgan fingerprint density at radius 2 is 2.22 bits per heavy atom. The van der Waals surface area contributed by atoms with Gasteiger partial charge in [-0.05, 0) is 25.2 Å². The van der Waals surface area contributed by atoms with Gasteiger partial charge in [-0.3, -0.25) is 4.79 Å². The van der Waals surface area contributed by atoms with Gasteiger partial charge in [0.25, 0.3) is 0 Å². The van der Waals surface area contributed by atoms with Gasteiger partial charge in [-0.25, -0.2) is 0 Å². The highest BCUT2D eigenvalue weighted by atomic mass is 16.5. The minimum atomic E-state index is -0.362. The lowest BCUT2D eigenvalue weighted by atomic mass is 10.1. The highest BCUT2D eigenvalue weighted by Gasteiger charge is 2.11. The SMILES string of the molecule is CNCc1cc(OC)ccc1OCC(C)C(N)=O. The van der Waals surface area contributed by atoms with Gasteiger partial charge >= 0.3 is 0 Å². The zero-order chi connectivity index (χ0) is 13.5. The average molecular weight is 252 g/mol. The van der Waals surface area contributed by atoms with Gasteiger partial charge in [0.1, 0.15) is 11.5 Å². The van der Waals surface area contributed by atoms with Gasteiger partial charge < -0.3 is 20.5 Å². The lowest BCUT2D eigenvalue weighted by molar-refractivity contribution is -0.122. The molecule has 1 amide bonds. The van der Waals surface area contributed by atoms with Gasteiger partial charge in [0.05, 0.1) is 19.6 Å². The number of hydrogen-bond acceptors (Lipinski definition) is 4. The number of carbonyl (C=O) groups excluding carboxylic acids is 1. The summed E-state index contributed by atoms with van der Waals surface area (Å²) in [7, 11) is 3.48. The van der Waals surface area contributed by atoms with E-state index in [-0.39, 0.29) is 18.4 Å². The minimum Gasteiger partial charge on any atom is -0.497 e. The van der Waals surface area contributed by atoms with Crippen LogP contribution < -0.4 is 20.5 Å². The van der Waals surface area contributed by atoms with Crippen molar-refractivity contribution in [1.29, 1.82) is 0 Å². The summed E-state index contributed by atoms with van der Waals surface area (Å²) in [4.78, 5) is 10.9. The van der Waals surface area contributed by atoms with Crippen molar-refractivity contribution < 1.29 is 14.3 Å². The second kappa shape index (κ2) is 6.86. The third-order valence-corrected chi connectivity index (χ3v) is 2.61. The first-order chi connectivity index (χ1) is 8.58. The lowest BCUT2D eigenvalue weighted by Crippen LogP contribution is -2.26. The molecule has 0 radical (unpaired) electrons. The average Bonchev–Trinajstić information content (AvgIpc) is 2.36. The number of nitrogens with two attached hydrogens (primary N) is 1. The molecule has 0 bridgehead atoms. The van der Waals surface area contributed by atoms with E-state index in [4.69, 9.17) is 15.2 Å². The highest BCUT2D eigenvalue weighted by molar-refractivity contribution is 5.76. The summed E-state index contributed by atoms with van der Waals surface area (Å²) in [5.41, 5.74) is 6.17. The first-order valence-corrected chi connectivity index (χ1v) is 5.82. The van der Waals surface area contributed by atoms with E-state index in [9.17, 15) is 4.79 Å². The van der Waals surface area contributed by atoms with Crippen LogP contribution in [-0.4, -0.2) is 26.7 Å². The zero-order valence-corrected chi connectivity index (χ0v) is 11.0. The van der Waals surface area contributed by atoms with Crippen LogP contribution >= 0.6 is 0 Å². The quantitative estimate of drug-likeness (QED) is 0.756. The number of ether oxygens (including phenoxy) is 2. The lowest BCUT2D eigenvalue weighted by Gasteiger charge is -2.14. The van der Waals surface area contributed by atoms with Gasteiger partial charge in [-0.2, -0.15) is 0 Å². The fraction of sp³-hybridized carbons (Fsp3) is 0.462. The van der Waals surface area contributed by atoms with Gasteiger partial charge in [0.15, 0.2) is 0 Å². The molecular weight excluding hydrogens is 232 g/mol. The Labute approximate surface area is 107 Å². The van der Waals surface area contributed by atoms with Crippen molar-refractivity contribution in [2.45, 2.75) is 13.5 Å². The Kier molecular flexibility index (Phi) is 5.45. The number of nitrogens with one attached hydrogen (secondary N) is 1. The standard InChI is InChI=1S/C13H20N2O3/c1-9(13(14)16)8-18-12-5-4-11(17-3)6-10(12)7-15-2/h4-6,9,15H,7-8H2,1-3H3,(H2,14,16). The molecule has 0 spiro atoms. The summed E-state index contributed by atoms with van der Waals surface area (Å²) in [6.45, 7) is 2.68. The monoisotopic (exact) mass is 252 g/mol. The van der Waals surface area contributed by atoms with Crippen molar-refractivity contribution in [2.24, 2.45) is 11.7 Å². The van der Waals surface area contributed by atoms with E-state index in [0.717, 1.165) is 17.1 Å². The van der Waals surface area contributed by atoms with Crippen LogP contribution in [0.1, 0.15) is 12.5 Å². The maximum absolute atomic E-state index is 10.9. The topological polar surface area (TPSA) is 73.6 Å². The fourth-order valence-corrected chi connectivity index (χ4v) is 1.45. The van der Waals surface area contributed by atoms with Gasteiger partial charge in [-0.15, -0.1) is 0 Å². The maximum atomic E-state index is 10.9. The Morgan fingerprint density at radius 3 is 2.78 bits per heavy atom. The molecule has 1 unspecified atom stereocenters. The van der Waals surface area contributed by atoms with Crippen molar-refractivity contribution in [3.63, 3.8) is 0 Å². The summed E-state index contributed by atoms with van der Waals surface area (Å²) in [6.07, 6.45) is 0. The van der Waals surface area contributed by atoms with Crippen LogP contribution in [0, 0.1) is 5.92 Å². The number of amides is 1. The van der Waals surface area contributed by atoms with Crippen molar-refractivity contribution in [3.05, 3.63) is 23.8 Å². The molecule has 18 heavy (non-hydrogen) atoms. The normalized spacial score (nSPS) is 11.9. The molecule has 0 saturated carbocycles. The van der Waals surface area contributed by atoms with Crippen LogP contribution in [0.2, 0.25) is 0 Å². The van der Waals surface area contributed by atoms with Crippen molar-refractivity contribution in [3.8, 4) is 11.5 Å². The molecule has 1 rings (SSSR count). The van der Waals surface area contributed by atoms with Crippen LogP contribution in [-0.2, 0) is 11.3 Å². The molecule has 0 heterocycles. The Hall–Kier alpha value is -1.75. The molecular formula is C13H20N2O3. The third-order valence-electron chi connectivity index (χ3n) is 2.61. The molecule has 0 aliphatic heterocycles. The number of carbonyl (C=O) groups is 1. The van der Waals surface area contributed by atoms with Crippen molar-refractivity contribution in [1.82, 2.24) is 5.32 Å². The predicted molar refractivity (Wildman–Crippen MR) is 69.6 cm³/mol. The molecule has 100 valence electrons.